The third-order valence-electron chi connectivity index (χ3n) is 3.72. The van der Waals surface area contributed by atoms with E-state index in [2.05, 4.69) is 27.4 Å². The van der Waals surface area contributed by atoms with Crippen molar-refractivity contribution in [3.8, 4) is 0 Å². The van der Waals surface area contributed by atoms with Crippen LogP contribution in [0.2, 0.25) is 0 Å². The number of hydrogen-bond acceptors (Lipinski definition) is 3. The van der Waals surface area contributed by atoms with E-state index in [9.17, 15) is 9.59 Å². The Bertz CT molecular complexity index is 399. The molecule has 0 saturated carbocycles. The Labute approximate surface area is 142 Å². The van der Waals surface area contributed by atoms with Crippen LogP contribution in [0.4, 0.5) is 4.79 Å². The summed E-state index contributed by atoms with van der Waals surface area (Å²) < 4.78 is 0. The molecule has 2 heterocycles. The fraction of sp³-hybridized carbons (Fsp3) is 0.769. The molecule has 0 radical (unpaired) electrons. The maximum Gasteiger partial charge on any atom is 0.324 e. The number of rotatable bonds is 3. The van der Waals surface area contributed by atoms with Gasteiger partial charge in [-0.1, -0.05) is 6.92 Å². The van der Waals surface area contributed by atoms with Gasteiger partial charge in [0.2, 0.25) is 5.91 Å². The first-order valence-electron chi connectivity index (χ1n) is 7.15. The summed E-state index contributed by atoms with van der Waals surface area (Å²) in [6.45, 7) is 5.25. The van der Waals surface area contributed by atoms with Gasteiger partial charge >= 0.3 is 6.03 Å². The van der Waals surface area contributed by atoms with Crippen LogP contribution in [0, 0.1) is 5.92 Å². The Hall–Kier alpha value is -1.06. The van der Waals surface area contributed by atoms with Crippen LogP contribution in [0.15, 0.2) is 4.99 Å². The number of hydrogen-bond donors (Lipinski definition) is 2. The van der Waals surface area contributed by atoms with Crippen molar-refractivity contribution in [1.29, 1.82) is 0 Å². The number of nitrogens with zero attached hydrogens (tertiary/aromatic N) is 3. The van der Waals surface area contributed by atoms with Gasteiger partial charge in [0.15, 0.2) is 5.96 Å². The van der Waals surface area contributed by atoms with Crippen molar-refractivity contribution >= 4 is 41.9 Å². The molecule has 8 heteroatoms. The van der Waals surface area contributed by atoms with E-state index in [1.165, 1.54) is 17.7 Å². The Morgan fingerprint density at radius 2 is 2.24 bits per heavy atom. The molecule has 3 amide bonds. The fourth-order valence-electron chi connectivity index (χ4n) is 2.68. The predicted molar refractivity (Wildman–Crippen MR) is 91.9 cm³/mol. The molecule has 2 aliphatic heterocycles. The quantitative estimate of drug-likeness (QED) is 0.308. The largest absolute Gasteiger partial charge is 0.354 e. The lowest BCUT2D eigenvalue weighted by atomic mass is 10.0. The van der Waals surface area contributed by atoms with Crippen molar-refractivity contribution in [3.05, 3.63) is 0 Å². The monoisotopic (exact) mass is 409 g/mol. The summed E-state index contributed by atoms with van der Waals surface area (Å²) in [7, 11) is 1.76. The molecule has 2 aliphatic rings. The number of guanidine groups is 1. The maximum atomic E-state index is 11.4. The average molecular weight is 409 g/mol. The normalized spacial score (nSPS) is 23.0. The zero-order valence-corrected chi connectivity index (χ0v) is 14.9. The third-order valence-corrected chi connectivity index (χ3v) is 3.72. The highest BCUT2D eigenvalue weighted by atomic mass is 127. The molecular weight excluding hydrogens is 385 g/mol. The Kier molecular flexibility index (Phi) is 7.20. The van der Waals surface area contributed by atoms with Gasteiger partial charge in [-0.3, -0.25) is 14.7 Å². The second-order valence-electron chi connectivity index (χ2n) is 5.37. The van der Waals surface area contributed by atoms with Gasteiger partial charge in [0, 0.05) is 33.2 Å². The van der Waals surface area contributed by atoms with Gasteiger partial charge in [-0.2, -0.15) is 0 Å². The zero-order valence-electron chi connectivity index (χ0n) is 12.6. The van der Waals surface area contributed by atoms with Gasteiger partial charge in [-0.05, 0) is 18.8 Å². The molecule has 2 saturated heterocycles. The summed E-state index contributed by atoms with van der Waals surface area (Å²) in [4.78, 5) is 30.6. The maximum absolute atomic E-state index is 11.4. The van der Waals surface area contributed by atoms with Crippen LogP contribution in [-0.2, 0) is 4.79 Å². The number of imide groups is 1. The molecule has 120 valence electrons. The number of halogens is 1. The van der Waals surface area contributed by atoms with Crippen LogP contribution in [0.1, 0.15) is 19.8 Å². The highest BCUT2D eigenvalue weighted by molar-refractivity contribution is 14.0. The summed E-state index contributed by atoms with van der Waals surface area (Å²) in [5.41, 5.74) is 0. The van der Waals surface area contributed by atoms with Gasteiger partial charge in [0.1, 0.15) is 0 Å². The molecule has 2 rings (SSSR count). The molecule has 0 aliphatic carbocycles. The number of likely N-dealkylation sites (tertiary alicyclic amines) is 1. The molecule has 7 nitrogen and oxygen atoms in total. The molecule has 0 spiro atoms. The number of amides is 3. The highest BCUT2D eigenvalue weighted by Gasteiger charge is 2.28. The van der Waals surface area contributed by atoms with Crippen molar-refractivity contribution in [1.82, 2.24) is 20.4 Å². The van der Waals surface area contributed by atoms with Crippen LogP contribution in [0.5, 0.6) is 0 Å². The summed E-state index contributed by atoms with van der Waals surface area (Å²) in [6, 6.07) is -0.307. The number of urea groups is 1. The molecule has 0 aromatic carbocycles. The first-order valence-corrected chi connectivity index (χ1v) is 7.15. The van der Waals surface area contributed by atoms with E-state index in [0.717, 1.165) is 19.0 Å². The lowest BCUT2D eigenvalue weighted by Gasteiger charge is -2.33. The van der Waals surface area contributed by atoms with E-state index < -0.39 is 0 Å². The van der Waals surface area contributed by atoms with E-state index in [1.807, 2.05) is 0 Å². The Balaban J connectivity index is 0.00000220. The fourth-order valence-corrected chi connectivity index (χ4v) is 2.68. The van der Waals surface area contributed by atoms with Gasteiger partial charge < -0.3 is 15.5 Å². The molecule has 0 bridgehead atoms. The predicted octanol–water partition coefficient (Wildman–Crippen LogP) is 0.463. The lowest BCUT2D eigenvalue weighted by Crippen LogP contribution is -2.48. The Morgan fingerprint density at radius 3 is 2.81 bits per heavy atom. The van der Waals surface area contributed by atoms with E-state index >= 15 is 0 Å². The molecule has 2 N–H and O–H groups in total. The second kappa shape index (κ2) is 8.40. The molecule has 0 aromatic heterocycles. The van der Waals surface area contributed by atoms with Crippen LogP contribution in [-0.4, -0.2) is 67.5 Å². The van der Waals surface area contributed by atoms with Crippen molar-refractivity contribution in [2.45, 2.75) is 19.8 Å². The molecule has 21 heavy (non-hydrogen) atoms. The molecule has 2 fully saturated rings. The number of nitrogens with one attached hydrogen (secondary N) is 2. The lowest BCUT2D eigenvalue weighted by molar-refractivity contribution is -0.124. The van der Waals surface area contributed by atoms with E-state index in [0.29, 0.717) is 19.0 Å². The van der Waals surface area contributed by atoms with Crippen LogP contribution in [0.25, 0.3) is 0 Å². The number of piperidine rings is 1. The zero-order chi connectivity index (χ0) is 14.5. The standard InChI is InChI=1S/C13H23N5O2.HI/c1-10-4-3-6-17(9-10)12(14-2)15-5-7-18-11(19)8-16-13(18)20;/h10H,3-9H2,1-2H3,(H,14,15)(H,16,20);1H. The summed E-state index contributed by atoms with van der Waals surface area (Å²) in [6.07, 6.45) is 2.44. The van der Waals surface area contributed by atoms with E-state index in [-0.39, 0.29) is 42.5 Å². The van der Waals surface area contributed by atoms with E-state index in [4.69, 9.17) is 0 Å². The highest BCUT2D eigenvalue weighted by Crippen LogP contribution is 2.15. The minimum Gasteiger partial charge on any atom is -0.354 e. The summed E-state index contributed by atoms with van der Waals surface area (Å²) in [5.74, 6) is 1.36. The third kappa shape index (κ3) is 4.72. The SMILES string of the molecule is CN=C(NCCN1C(=O)CNC1=O)N1CCCC(C)C1.I. The van der Waals surface area contributed by atoms with E-state index in [1.54, 1.807) is 7.05 Å². The van der Waals surface area contributed by atoms with Gasteiger partial charge in [0.25, 0.3) is 0 Å². The van der Waals surface area contributed by atoms with Crippen molar-refractivity contribution in [3.63, 3.8) is 0 Å². The molecule has 1 unspecified atom stereocenters. The topological polar surface area (TPSA) is 77.0 Å². The molecular formula is C13H24IN5O2. The number of aliphatic imine (C=N–C) groups is 1. The first-order chi connectivity index (χ1) is 9.61. The smallest absolute Gasteiger partial charge is 0.324 e. The van der Waals surface area contributed by atoms with Gasteiger partial charge in [-0.15, -0.1) is 24.0 Å². The number of carbonyl (C=O) groups excluding carboxylic acids is 2. The minimum atomic E-state index is -0.307. The first kappa shape index (κ1) is 18.0. The van der Waals surface area contributed by atoms with Crippen molar-refractivity contribution < 1.29 is 9.59 Å². The molecule has 1 atom stereocenters. The Morgan fingerprint density at radius 1 is 1.48 bits per heavy atom. The summed E-state index contributed by atoms with van der Waals surface area (Å²) >= 11 is 0. The van der Waals surface area contributed by atoms with Gasteiger partial charge in [0.05, 0.1) is 6.54 Å². The number of carbonyl (C=O) groups is 2. The van der Waals surface area contributed by atoms with Crippen LogP contribution in [0.3, 0.4) is 0 Å². The van der Waals surface area contributed by atoms with Crippen LogP contribution < -0.4 is 10.6 Å². The average Bonchev–Trinajstić information content (AvgIpc) is 2.75. The van der Waals surface area contributed by atoms with Crippen molar-refractivity contribution in [2.75, 3.05) is 39.8 Å². The minimum absolute atomic E-state index is 0. The van der Waals surface area contributed by atoms with Crippen LogP contribution >= 0.6 is 24.0 Å². The summed E-state index contributed by atoms with van der Waals surface area (Å²) in [5, 5.41) is 5.74. The second-order valence-corrected chi connectivity index (χ2v) is 5.37. The van der Waals surface area contributed by atoms with Crippen molar-refractivity contribution in [2.24, 2.45) is 10.9 Å². The molecule has 0 aromatic rings. The van der Waals surface area contributed by atoms with Gasteiger partial charge in [-0.25, -0.2) is 4.79 Å².